The van der Waals surface area contributed by atoms with Gasteiger partial charge in [-0.1, -0.05) is 0 Å². The van der Waals surface area contributed by atoms with Crippen molar-refractivity contribution in [3.8, 4) is 0 Å². The third-order valence-corrected chi connectivity index (χ3v) is 1.03. The molecule has 0 saturated heterocycles. The van der Waals surface area contributed by atoms with Crippen LogP contribution < -0.4 is 0 Å². The first-order valence-corrected chi connectivity index (χ1v) is 4.27. The molecular formula is C4H6O6S. The molecule has 0 amide bonds. The number of hydrogen-bond donors (Lipinski definition) is 1. The molecule has 0 fully saturated rings. The van der Waals surface area contributed by atoms with Crippen LogP contribution in [0.4, 0.5) is 0 Å². The maximum absolute atomic E-state index is 10.3. The highest BCUT2D eigenvalue weighted by atomic mass is 32.2. The van der Waals surface area contributed by atoms with Crippen molar-refractivity contribution >= 4 is 22.1 Å². The molecule has 7 heteroatoms. The summed E-state index contributed by atoms with van der Waals surface area (Å²) in [6, 6.07) is 0. The SMILES string of the molecule is CS(=O)(=O)OC(=O)CC(=O)O. The van der Waals surface area contributed by atoms with Crippen LogP contribution in [0.2, 0.25) is 0 Å². The predicted molar refractivity (Wildman–Crippen MR) is 33.2 cm³/mol. The number of carbonyl (C=O) groups is 2. The number of rotatable bonds is 3. The van der Waals surface area contributed by atoms with Gasteiger partial charge < -0.3 is 9.29 Å². The lowest BCUT2D eigenvalue weighted by Crippen LogP contribution is -2.14. The summed E-state index contributed by atoms with van der Waals surface area (Å²) in [5, 5.41) is 7.99. The number of carbonyl (C=O) groups excluding carboxylic acids is 1. The van der Waals surface area contributed by atoms with Crippen LogP contribution in [0.25, 0.3) is 0 Å². The number of carboxylic acid groups (broad SMARTS) is 1. The lowest BCUT2D eigenvalue weighted by atomic mass is 10.5. The van der Waals surface area contributed by atoms with Gasteiger partial charge in [0, 0.05) is 0 Å². The molecule has 0 aromatic heterocycles. The summed E-state index contributed by atoms with van der Waals surface area (Å²) in [6.45, 7) is 0. The average Bonchev–Trinajstić information content (AvgIpc) is 1.53. The summed E-state index contributed by atoms with van der Waals surface area (Å²) >= 11 is 0. The van der Waals surface area contributed by atoms with Crippen LogP contribution in [-0.2, 0) is 23.9 Å². The van der Waals surface area contributed by atoms with Gasteiger partial charge in [0.25, 0.3) is 0 Å². The van der Waals surface area contributed by atoms with E-state index in [4.69, 9.17) is 5.11 Å². The molecule has 0 aromatic carbocycles. The lowest BCUT2D eigenvalue weighted by Gasteiger charge is -1.96. The van der Waals surface area contributed by atoms with Crippen LogP contribution in [-0.4, -0.2) is 31.7 Å². The van der Waals surface area contributed by atoms with Crippen molar-refractivity contribution in [2.24, 2.45) is 0 Å². The molecular weight excluding hydrogens is 176 g/mol. The topological polar surface area (TPSA) is 97.7 Å². The normalized spacial score (nSPS) is 10.6. The first-order chi connectivity index (χ1) is 4.81. The molecule has 0 aromatic rings. The number of carboxylic acids is 1. The number of aliphatic carboxylic acids is 1. The molecule has 0 bridgehead atoms. The van der Waals surface area contributed by atoms with E-state index in [-0.39, 0.29) is 0 Å². The van der Waals surface area contributed by atoms with Crippen LogP contribution in [0.15, 0.2) is 0 Å². The van der Waals surface area contributed by atoms with Crippen molar-refractivity contribution in [1.29, 1.82) is 0 Å². The monoisotopic (exact) mass is 182 g/mol. The Balaban J connectivity index is 4.01. The molecule has 1 N–H and O–H groups in total. The summed E-state index contributed by atoms with van der Waals surface area (Å²) in [6.07, 6.45) is -0.292. The van der Waals surface area contributed by atoms with Gasteiger partial charge in [-0.2, -0.15) is 8.42 Å². The second-order valence-electron chi connectivity index (χ2n) is 1.73. The Morgan fingerprint density at radius 3 is 2.18 bits per heavy atom. The van der Waals surface area contributed by atoms with Crippen LogP contribution in [0.3, 0.4) is 0 Å². The van der Waals surface area contributed by atoms with Crippen molar-refractivity contribution in [1.82, 2.24) is 0 Å². The molecule has 0 radical (unpaired) electrons. The standard InChI is InChI=1S/C4H6O6S/c1-11(8,9)10-4(7)2-3(5)6/h2H2,1H3,(H,5,6). The highest BCUT2D eigenvalue weighted by molar-refractivity contribution is 7.86. The molecule has 0 aliphatic heterocycles. The zero-order valence-corrected chi connectivity index (χ0v) is 6.42. The van der Waals surface area contributed by atoms with E-state index in [0.717, 1.165) is 0 Å². The lowest BCUT2D eigenvalue weighted by molar-refractivity contribution is -0.145. The minimum atomic E-state index is -3.88. The molecule has 0 rings (SSSR count). The van der Waals surface area contributed by atoms with E-state index in [9.17, 15) is 18.0 Å². The van der Waals surface area contributed by atoms with E-state index >= 15 is 0 Å². The molecule has 0 heterocycles. The number of hydrogen-bond acceptors (Lipinski definition) is 5. The zero-order chi connectivity index (χ0) is 9.07. The van der Waals surface area contributed by atoms with E-state index in [1.165, 1.54) is 0 Å². The maximum atomic E-state index is 10.3. The van der Waals surface area contributed by atoms with Gasteiger partial charge in [0.15, 0.2) is 0 Å². The summed E-state index contributed by atoms with van der Waals surface area (Å²) in [5.41, 5.74) is 0. The van der Waals surface area contributed by atoms with E-state index < -0.39 is 28.5 Å². The molecule has 0 unspecified atom stereocenters. The van der Waals surface area contributed by atoms with Crippen molar-refractivity contribution in [2.45, 2.75) is 6.42 Å². The molecule has 0 atom stereocenters. The molecule has 0 aliphatic carbocycles. The van der Waals surface area contributed by atoms with Crippen LogP contribution >= 0.6 is 0 Å². The predicted octanol–water partition coefficient (Wildman–Crippen LogP) is -1.04. The Kier molecular flexibility index (Phi) is 2.99. The Morgan fingerprint density at radius 2 is 1.91 bits per heavy atom. The Labute approximate surface area is 62.9 Å². The van der Waals surface area contributed by atoms with Gasteiger partial charge in [0.05, 0.1) is 6.26 Å². The highest BCUT2D eigenvalue weighted by Crippen LogP contribution is 1.91. The van der Waals surface area contributed by atoms with E-state index in [2.05, 4.69) is 4.18 Å². The first kappa shape index (κ1) is 9.89. The van der Waals surface area contributed by atoms with E-state index in [1.54, 1.807) is 0 Å². The maximum Gasteiger partial charge on any atom is 0.333 e. The summed E-state index contributed by atoms with van der Waals surface area (Å²) in [7, 11) is -3.88. The molecule has 0 saturated carbocycles. The van der Waals surface area contributed by atoms with Gasteiger partial charge in [-0.15, -0.1) is 0 Å². The van der Waals surface area contributed by atoms with Gasteiger partial charge in [0.1, 0.15) is 6.42 Å². The molecule has 11 heavy (non-hydrogen) atoms. The van der Waals surface area contributed by atoms with Gasteiger partial charge in [-0.3, -0.25) is 9.59 Å². The molecule has 0 aliphatic rings. The van der Waals surface area contributed by atoms with Crippen LogP contribution in [0.5, 0.6) is 0 Å². The average molecular weight is 182 g/mol. The quantitative estimate of drug-likeness (QED) is 0.442. The Hall–Kier alpha value is -1.11. The van der Waals surface area contributed by atoms with Crippen LogP contribution in [0.1, 0.15) is 6.42 Å². The van der Waals surface area contributed by atoms with Crippen molar-refractivity contribution in [2.75, 3.05) is 6.26 Å². The van der Waals surface area contributed by atoms with Gasteiger partial charge in [-0.25, -0.2) is 0 Å². The van der Waals surface area contributed by atoms with Crippen molar-refractivity contribution in [3.05, 3.63) is 0 Å². The molecule has 0 spiro atoms. The van der Waals surface area contributed by atoms with Crippen LogP contribution in [0, 0.1) is 0 Å². The van der Waals surface area contributed by atoms with Gasteiger partial charge in [-0.05, 0) is 0 Å². The summed E-state index contributed by atoms with van der Waals surface area (Å²) < 4.78 is 24.1. The van der Waals surface area contributed by atoms with Gasteiger partial charge >= 0.3 is 22.1 Å². The fourth-order valence-corrected chi connectivity index (χ4v) is 0.718. The largest absolute Gasteiger partial charge is 0.481 e. The zero-order valence-electron chi connectivity index (χ0n) is 5.60. The first-order valence-electron chi connectivity index (χ1n) is 2.45. The summed E-state index contributed by atoms with van der Waals surface area (Å²) in [4.78, 5) is 20.1. The van der Waals surface area contributed by atoms with Crippen molar-refractivity contribution in [3.63, 3.8) is 0 Å². The minimum absolute atomic E-state index is 0.659. The third-order valence-electron chi connectivity index (χ3n) is 0.540. The third kappa shape index (κ3) is 6.78. The highest BCUT2D eigenvalue weighted by Gasteiger charge is 2.14. The fourth-order valence-electron chi connectivity index (χ4n) is 0.322. The molecule has 6 nitrogen and oxygen atoms in total. The van der Waals surface area contributed by atoms with E-state index in [1.807, 2.05) is 0 Å². The minimum Gasteiger partial charge on any atom is -0.481 e. The second kappa shape index (κ2) is 3.33. The Morgan fingerprint density at radius 1 is 1.45 bits per heavy atom. The van der Waals surface area contributed by atoms with Crippen molar-refractivity contribution < 1.29 is 27.3 Å². The smallest absolute Gasteiger partial charge is 0.333 e. The second-order valence-corrected chi connectivity index (χ2v) is 3.30. The summed E-state index contributed by atoms with van der Waals surface area (Å²) in [5.74, 6) is -2.72. The Bertz CT molecular complexity index is 262. The van der Waals surface area contributed by atoms with Gasteiger partial charge in [0.2, 0.25) is 0 Å². The van der Waals surface area contributed by atoms with E-state index in [0.29, 0.717) is 6.26 Å². The fraction of sp³-hybridized carbons (Fsp3) is 0.500. The molecule has 64 valence electrons.